The summed E-state index contributed by atoms with van der Waals surface area (Å²) in [7, 11) is 0. The van der Waals surface area contributed by atoms with Crippen molar-refractivity contribution in [2.24, 2.45) is 17.6 Å². The van der Waals surface area contributed by atoms with Crippen LogP contribution in [0.1, 0.15) is 42.7 Å². The van der Waals surface area contributed by atoms with Gasteiger partial charge in [-0.05, 0) is 47.8 Å². The molecule has 7 unspecified atom stereocenters. The number of hydrogen-bond acceptors (Lipinski definition) is 4. The SMILES string of the molecule is CC(CN)c1ccc(C2C(O)CCC3NC(=O)C4SC=CC4C32)cc1. The van der Waals surface area contributed by atoms with E-state index in [-0.39, 0.29) is 41.1 Å². The van der Waals surface area contributed by atoms with E-state index in [1.165, 1.54) is 11.1 Å². The van der Waals surface area contributed by atoms with Crippen molar-refractivity contribution in [1.29, 1.82) is 0 Å². The van der Waals surface area contributed by atoms with Crippen molar-refractivity contribution in [3.05, 3.63) is 46.9 Å². The number of hydrogen-bond donors (Lipinski definition) is 3. The summed E-state index contributed by atoms with van der Waals surface area (Å²) in [4.78, 5) is 12.4. The summed E-state index contributed by atoms with van der Waals surface area (Å²) in [6.45, 7) is 2.76. The van der Waals surface area contributed by atoms with E-state index in [9.17, 15) is 9.90 Å². The number of piperidine rings is 1. The smallest absolute Gasteiger partial charge is 0.234 e. The van der Waals surface area contributed by atoms with Gasteiger partial charge in [0.05, 0.1) is 11.4 Å². The molecule has 0 aromatic heterocycles. The van der Waals surface area contributed by atoms with Gasteiger partial charge in [-0.3, -0.25) is 4.79 Å². The minimum Gasteiger partial charge on any atom is -0.392 e. The fraction of sp³-hybridized carbons (Fsp3) is 0.550. The highest BCUT2D eigenvalue weighted by atomic mass is 32.2. The van der Waals surface area contributed by atoms with Gasteiger partial charge in [-0.15, -0.1) is 11.8 Å². The van der Waals surface area contributed by atoms with Gasteiger partial charge in [0.1, 0.15) is 0 Å². The predicted octanol–water partition coefficient (Wildman–Crippen LogP) is 2.35. The summed E-state index contributed by atoms with van der Waals surface area (Å²) in [5.74, 6) is 1.04. The Morgan fingerprint density at radius 2 is 2.08 bits per heavy atom. The molecule has 1 aliphatic carbocycles. The molecule has 1 amide bonds. The van der Waals surface area contributed by atoms with E-state index in [4.69, 9.17) is 5.73 Å². The zero-order chi connectivity index (χ0) is 17.6. The number of nitrogens with one attached hydrogen (secondary N) is 1. The third-order valence-electron chi connectivity index (χ3n) is 6.22. The second-order valence-corrected chi connectivity index (χ2v) is 8.68. The van der Waals surface area contributed by atoms with Crippen molar-refractivity contribution in [3.8, 4) is 0 Å². The Labute approximate surface area is 153 Å². The topological polar surface area (TPSA) is 75.3 Å². The number of aliphatic hydroxyl groups is 1. The first-order valence-electron chi connectivity index (χ1n) is 9.20. The van der Waals surface area contributed by atoms with Crippen LogP contribution in [-0.2, 0) is 4.79 Å². The molecule has 134 valence electrons. The lowest BCUT2D eigenvalue weighted by Gasteiger charge is -2.48. The summed E-state index contributed by atoms with van der Waals surface area (Å²) in [5, 5.41) is 16.0. The minimum absolute atomic E-state index is 0.0365. The second-order valence-electron chi connectivity index (χ2n) is 7.63. The van der Waals surface area contributed by atoms with Crippen molar-refractivity contribution in [3.63, 3.8) is 0 Å². The first-order valence-corrected chi connectivity index (χ1v) is 10.1. The Kier molecular flexibility index (Phi) is 4.65. The number of aliphatic hydroxyl groups excluding tert-OH is 1. The van der Waals surface area contributed by atoms with Crippen LogP contribution in [0.2, 0.25) is 0 Å². The van der Waals surface area contributed by atoms with Gasteiger partial charge in [0.15, 0.2) is 0 Å². The van der Waals surface area contributed by atoms with Crippen LogP contribution in [-0.4, -0.2) is 35.0 Å². The molecule has 3 aliphatic rings. The normalized spacial score (nSPS) is 38.0. The number of fused-ring (bicyclic) bond motifs is 3. The molecular weight excluding hydrogens is 332 g/mol. The van der Waals surface area contributed by atoms with E-state index in [1.807, 2.05) is 0 Å². The average Bonchev–Trinajstić information content (AvgIpc) is 3.12. The van der Waals surface area contributed by atoms with Gasteiger partial charge in [0.2, 0.25) is 5.91 Å². The first-order chi connectivity index (χ1) is 12.1. The monoisotopic (exact) mass is 358 g/mol. The zero-order valence-electron chi connectivity index (χ0n) is 14.5. The number of rotatable bonds is 3. The van der Waals surface area contributed by atoms with E-state index in [1.54, 1.807) is 11.8 Å². The summed E-state index contributed by atoms with van der Waals surface area (Å²) in [6.07, 6.45) is 3.43. The number of benzene rings is 1. The van der Waals surface area contributed by atoms with Crippen LogP contribution in [0.3, 0.4) is 0 Å². The van der Waals surface area contributed by atoms with Crippen molar-refractivity contribution >= 4 is 17.7 Å². The maximum absolute atomic E-state index is 12.4. The molecule has 4 nitrogen and oxygen atoms in total. The van der Waals surface area contributed by atoms with Gasteiger partial charge in [0, 0.05) is 17.9 Å². The number of carbonyl (C=O) groups is 1. The Morgan fingerprint density at radius 1 is 1.32 bits per heavy atom. The van der Waals surface area contributed by atoms with Crippen LogP contribution in [0.4, 0.5) is 0 Å². The van der Waals surface area contributed by atoms with Gasteiger partial charge < -0.3 is 16.2 Å². The molecule has 25 heavy (non-hydrogen) atoms. The maximum Gasteiger partial charge on any atom is 0.234 e. The van der Waals surface area contributed by atoms with Crippen LogP contribution in [0.25, 0.3) is 0 Å². The van der Waals surface area contributed by atoms with Gasteiger partial charge in [-0.1, -0.05) is 37.3 Å². The zero-order valence-corrected chi connectivity index (χ0v) is 15.3. The number of thioether (sulfide) groups is 1. The van der Waals surface area contributed by atoms with Crippen molar-refractivity contribution in [2.75, 3.05) is 6.54 Å². The molecule has 2 fully saturated rings. The highest BCUT2D eigenvalue weighted by Gasteiger charge is 2.51. The number of amides is 1. The standard InChI is InChI=1S/C20H26N2O2S/c1-11(10-21)12-2-4-13(5-3-12)17-16(23)7-6-15-18(17)14-8-9-25-19(14)20(24)22-15/h2-5,8-9,11,14-19,23H,6-7,10,21H2,1H3,(H,22,24). The average molecular weight is 359 g/mol. The molecule has 4 rings (SSSR count). The van der Waals surface area contributed by atoms with Crippen LogP contribution < -0.4 is 11.1 Å². The van der Waals surface area contributed by atoms with Gasteiger partial charge in [0.25, 0.3) is 0 Å². The summed E-state index contributed by atoms with van der Waals surface area (Å²) in [5.41, 5.74) is 8.19. The molecular formula is C20H26N2O2S. The largest absolute Gasteiger partial charge is 0.392 e. The van der Waals surface area contributed by atoms with E-state index in [2.05, 4.69) is 48.0 Å². The summed E-state index contributed by atoms with van der Waals surface area (Å²) in [6, 6.07) is 8.74. The summed E-state index contributed by atoms with van der Waals surface area (Å²) < 4.78 is 0. The van der Waals surface area contributed by atoms with Crippen LogP contribution in [0.5, 0.6) is 0 Å². The van der Waals surface area contributed by atoms with E-state index in [0.717, 1.165) is 12.8 Å². The van der Waals surface area contributed by atoms with Gasteiger partial charge in [-0.25, -0.2) is 0 Å². The lowest BCUT2D eigenvalue weighted by molar-refractivity contribution is -0.126. The van der Waals surface area contributed by atoms with E-state index >= 15 is 0 Å². The molecule has 0 bridgehead atoms. The molecule has 4 N–H and O–H groups in total. The van der Waals surface area contributed by atoms with Crippen molar-refractivity contribution < 1.29 is 9.90 Å². The van der Waals surface area contributed by atoms with E-state index in [0.29, 0.717) is 12.5 Å². The number of carbonyl (C=O) groups excluding carboxylic acids is 1. The molecule has 5 heteroatoms. The van der Waals surface area contributed by atoms with Crippen LogP contribution in [0, 0.1) is 11.8 Å². The maximum atomic E-state index is 12.4. The molecule has 0 radical (unpaired) electrons. The van der Waals surface area contributed by atoms with Gasteiger partial charge in [-0.2, -0.15) is 0 Å². The predicted molar refractivity (Wildman–Crippen MR) is 101 cm³/mol. The lowest BCUT2D eigenvalue weighted by atomic mass is 9.63. The fourth-order valence-corrected chi connectivity index (χ4v) is 5.86. The third-order valence-corrected chi connectivity index (χ3v) is 7.35. The molecule has 0 spiro atoms. The van der Waals surface area contributed by atoms with Crippen molar-refractivity contribution in [2.45, 2.75) is 49.0 Å². The molecule has 2 heterocycles. The Morgan fingerprint density at radius 3 is 2.80 bits per heavy atom. The summed E-state index contributed by atoms with van der Waals surface area (Å²) >= 11 is 1.61. The van der Waals surface area contributed by atoms with Crippen LogP contribution in [0.15, 0.2) is 35.7 Å². The Balaban J connectivity index is 1.66. The minimum atomic E-state index is -0.353. The highest BCUT2D eigenvalue weighted by Crippen LogP contribution is 2.50. The first kappa shape index (κ1) is 17.1. The third kappa shape index (κ3) is 2.92. The van der Waals surface area contributed by atoms with E-state index < -0.39 is 0 Å². The Bertz CT molecular complexity index is 675. The molecule has 2 aliphatic heterocycles. The highest BCUT2D eigenvalue weighted by molar-refractivity contribution is 8.03. The lowest BCUT2D eigenvalue weighted by Crippen LogP contribution is -2.59. The number of nitrogens with two attached hydrogens (primary N) is 1. The second kappa shape index (κ2) is 6.78. The molecule has 1 aromatic carbocycles. The molecule has 1 saturated carbocycles. The fourth-order valence-electron chi connectivity index (χ4n) is 4.78. The molecule has 1 saturated heterocycles. The quantitative estimate of drug-likeness (QED) is 0.775. The van der Waals surface area contributed by atoms with Crippen LogP contribution >= 0.6 is 11.8 Å². The number of allylic oxidation sites excluding steroid dienone is 1. The Hall–Kier alpha value is -1.30. The van der Waals surface area contributed by atoms with Crippen molar-refractivity contribution in [1.82, 2.24) is 5.32 Å². The molecule has 7 atom stereocenters. The molecule has 1 aromatic rings. The van der Waals surface area contributed by atoms with Gasteiger partial charge >= 0.3 is 0 Å².